The number of carbonyl (C=O) groups excluding carboxylic acids is 2. The van der Waals surface area contributed by atoms with Crippen LogP contribution in [0, 0.1) is 10.8 Å². The molecule has 10 nitrogen and oxygen atoms in total. The van der Waals surface area contributed by atoms with Crippen molar-refractivity contribution >= 4 is 12.2 Å². The van der Waals surface area contributed by atoms with E-state index in [1.165, 1.54) is 0 Å². The smallest absolute Gasteiger partial charge is 0.409 e. The average Bonchev–Trinajstić information content (AvgIpc) is 2.74. The van der Waals surface area contributed by atoms with Crippen molar-refractivity contribution in [1.29, 1.82) is 0 Å². The maximum absolute atomic E-state index is 12.7. The van der Waals surface area contributed by atoms with E-state index in [0.717, 1.165) is 45.4 Å². The molecule has 1 aliphatic rings. The Hall–Kier alpha value is -1.62. The topological polar surface area (TPSA) is 80.8 Å². The number of carbonyl (C=O) groups is 2. The fraction of sp³-hybridized carbons (Fsp3) is 0.926. The van der Waals surface area contributed by atoms with Crippen molar-refractivity contribution in [2.45, 2.75) is 46.1 Å². The molecule has 218 valence electrons. The highest BCUT2D eigenvalue weighted by Crippen LogP contribution is 2.46. The van der Waals surface area contributed by atoms with E-state index in [-0.39, 0.29) is 29.1 Å². The molecule has 1 fully saturated rings. The third-order valence-electron chi connectivity index (χ3n) is 6.96. The van der Waals surface area contributed by atoms with Crippen LogP contribution in [0.2, 0.25) is 0 Å². The molecule has 1 saturated carbocycles. The molecule has 0 aromatic heterocycles. The van der Waals surface area contributed by atoms with Crippen LogP contribution in [0.3, 0.4) is 0 Å². The molecular formula is C27H56N6O4. The molecule has 2 atom stereocenters. The summed E-state index contributed by atoms with van der Waals surface area (Å²) < 4.78 is 11.0. The van der Waals surface area contributed by atoms with Crippen molar-refractivity contribution in [2.24, 2.45) is 10.8 Å². The van der Waals surface area contributed by atoms with Gasteiger partial charge in [0.25, 0.3) is 0 Å². The van der Waals surface area contributed by atoms with Gasteiger partial charge in [-0.05, 0) is 72.4 Å². The second kappa shape index (κ2) is 15.7. The Kier molecular flexibility index (Phi) is 14.2. The van der Waals surface area contributed by atoms with Gasteiger partial charge in [-0.1, -0.05) is 20.8 Å². The first-order chi connectivity index (χ1) is 17.1. The molecule has 0 aromatic carbocycles. The van der Waals surface area contributed by atoms with E-state index in [2.05, 4.69) is 45.7 Å². The molecule has 2 unspecified atom stereocenters. The molecule has 0 radical (unpaired) electrons. The fourth-order valence-electron chi connectivity index (χ4n) is 5.36. The highest BCUT2D eigenvalue weighted by atomic mass is 16.6. The summed E-state index contributed by atoms with van der Waals surface area (Å²) in [6.07, 6.45) is 1.98. The number of amides is 2. The largest absolute Gasteiger partial charge is 0.448 e. The molecule has 37 heavy (non-hydrogen) atoms. The molecule has 0 aliphatic heterocycles. The van der Waals surface area contributed by atoms with Gasteiger partial charge >= 0.3 is 12.2 Å². The molecule has 0 aromatic rings. The Bertz CT molecular complexity index is 690. The van der Waals surface area contributed by atoms with Gasteiger partial charge < -0.3 is 39.3 Å². The summed E-state index contributed by atoms with van der Waals surface area (Å²) in [5.41, 5.74) is -0.0976. The Morgan fingerprint density at radius 2 is 1.27 bits per heavy atom. The molecule has 1 N–H and O–H groups in total. The third-order valence-corrected chi connectivity index (χ3v) is 6.96. The number of nitrogens with one attached hydrogen (secondary N) is 1. The van der Waals surface area contributed by atoms with Crippen molar-refractivity contribution in [3.8, 4) is 0 Å². The molecule has 2 amide bonds. The summed E-state index contributed by atoms with van der Waals surface area (Å²) >= 11 is 0. The summed E-state index contributed by atoms with van der Waals surface area (Å²) in [5, 5.41) is 3.09. The summed E-state index contributed by atoms with van der Waals surface area (Å²) in [4.78, 5) is 35.5. The molecule has 0 saturated heterocycles. The van der Waals surface area contributed by atoms with E-state index in [0.29, 0.717) is 32.8 Å². The zero-order valence-electron chi connectivity index (χ0n) is 25.4. The predicted molar refractivity (Wildman–Crippen MR) is 150 cm³/mol. The van der Waals surface area contributed by atoms with Crippen molar-refractivity contribution in [1.82, 2.24) is 29.8 Å². The normalized spacial score (nSPS) is 21.5. The first-order valence-corrected chi connectivity index (χ1v) is 13.6. The lowest BCUT2D eigenvalue weighted by atomic mass is 9.62. The number of likely N-dealkylation sites (N-methyl/N-ethyl adjacent to an activating group) is 4. The van der Waals surface area contributed by atoms with Gasteiger partial charge in [-0.15, -0.1) is 0 Å². The van der Waals surface area contributed by atoms with Crippen LogP contribution in [0.5, 0.6) is 0 Å². The predicted octanol–water partition coefficient (Wildman–Crippen LogP) is 2.35. The van der Waals surface area contributed by atoms with Crippen molar-refractivity contribution in [2.75, 3.05) is 108 Å². The summed E-state index contributed by atoms with van der Waals surface area (Å²) in [6, 6.07) is 0.00230. The van der Waals surface area contributed by atoms with Crippen LogP contribution in [0.25, 0.3) is 0 Å². The quantitative estimate of drug-likeness (QED) is 0.347. The molecule has 0 spiro atoms. The maximum Gasteiger partial charge on any atom is 0.409 e. The lowest BCUT2D eigenvalue weighted by molar-refractivity contribution is 0.0334. The van der Waals surface area contributed by atoms with Crippen molar-refractivity contribution in [3.63, 3.8) is 0 Å². The highest BCUT2D eigenvalue weighted by molar-refractivity contribution is 5.68. The first kappa shape index (κ1) is 33.4. The van der Waals surface area contributed by atoms with Crippen LogP contribution < -0.4 is 5.32 Å². The maximum atomic E-state index is 12.7. The second-order valence-electron chi connectivity index (χ2n) is 12.7. The summed E-state index contributed by atoms with van der Waals surface area (Å²) in [5.74, 6) is 0. The van der Waals surface area contributed by atoms with Gasteiger partial charge in [-0.2, -0.15) is 0 Å². The van der Waals surface area contributed by atoms with E-state index in [1.807, 2.05) is 42.3 Å². The summed E-state index contributed by atoms with van der Waals surface area (Å²) in [7, 11) is 14.1. The van der Waals surface area contributed by atoms with Crippen molar-refractivity contribution in [3.05, 3.63) is 0 Å². The standard InChI is InChI=1S/C27H56N6O4/c1-26(2)19-23(28-24(34)36-17-15-31(8)13-11-29(4)5)20-27(3,21-26)22-33(10)25(35)37-18-16-32(9)14-12-30(6)7/h23H,11-22H2,1-10H3,(H,28,34). The first-order valence-electron chi connectivity index (χ1n) is 13.6. The Morgan fingerprint density at radius 1 is 0.757 bits per heavy atom. The van der Waals surface area contributed by atoms with E-state index >= 15 is 0 Å². The minimum atomic E-state index is -0.364. The lowest BCUT2D eigenvalue weighted by Crippen LogP contribution is -2.51. The minimum Gasteiger partial charge on any atom is -0.448 e. The molecule has 0 bridgehead atoms. The molecule has 1 rings (SSSR count). The van der Waals surface area contributed by atoms with Crippen LogP contribution in [-0.4, -0.2) is 151 Å². The molecule has 0 heterocycles. The monoisotopic (exact) mass is 528 g/mol. The Morgan fingerprint density at radius 3 is 1.78 bits per heavy atom. The van der Waals surface area contributed by atoms with Crippen LogP contribution in [0.1, 0.15) is 40.0 Å². The Labute approximate surface area is 226 Å². The van der Waals surface area contributed by atoms with E-state index in [4.69, 9.17) is 9.47 Å². The highest BCUT2D eigenvalue weighted by Gasteiger charge is 2.43. The van der Waals surface area contributed by atoms with Gasteiger partial charge in [0.1, 0.15) is 13.2 Å². The molecule has 10 heteroatoms. The van der Waals surface area contributed by atoms with Gasteiger partial charge in [0.15, 0.2) is 0 Å². The lowest BCUT2D eigenvalue weighted by Gasteiger charge is -2.47. The summed E-state index contributed by atoms with van der Waals surface area (Å²) in [6.45, 7) is 13.2. The van der Waals surface area contributed by atoms with Gasteiger partial charge in [0.2, 0.25) is 0 Å². The van der Waals surface area contributed by atoms with Gasteiger partial charge in [-0.3, -0.25) is 0 Å². The van der Waals surface area contributed by atoms with Crippen LogP contribution in [0.15, 0.2) is 0 Å². The SMILES string of the molecule is CN(C)CCN(C)CCOC(=O)NC1CC(C)(C)CC(C)(CN(C)C(=O)OCCN(C)CCN(C)C)C1. The molecular weight excluding hydrogens is 472 g/mol. The van der Waals surface area contributed by atoms with E-state index in [9.17, 15) is 9.59 Å². The van der Waals surface area contributed by atoms with Crippen molar-refractivity contribution < 1.29 is 19.1 Å². The Balaban J connectivity index is 2.51. The van der Waals surface area contributed by atoms with E-state index < -0.39 is 0 Å². The number of rotatable bonds is 15. The third kappa shape index (κ3) is 14.8. The second-order valence-corrected chi connectivity index (χ2v) is 12.7. The number of hydrogen-bond acceptors (Lipinski definition) is 8. The van der Waals surface area contributed by atoms with Gasteiger partial charge in [0.05, 0.1) is 0 Å². The zero-order chi connectivity index (χ0) is 28.2. The minimum absolute atomic E-state index is 0.00230. The number of hydrogen-bond donors (Lipinski definition) is 1. The van der Waals surface area contributed by atoms with Gasteiger partial charge in [-0.25, -0.2) is 9.59 Å². The van der Waals surface area contributed by atoms with Crippen LogP contribution >= 0.6 is 0 Å². The van der Waals surface area contributed by atoms with Crippen LogP contribution in [0.4, 0.5) is 9.59 Å². The number of ether oxygens (including phenoxy) is 2. The average molecular weight is 529 g/mol. The fourth-order valence-corrected chi connectivity index (χ4v) is 5.36. The van der Waals surface area contributed by atoms with Gasteiger partial charge in [0, 0.05) is 58.9 Å². The van der Waals surface area contributed by atoms with Crippen LogP contribution in [-0.2, 0) is 9.47 Å². The van der Waals surface area contributed by atoms with E-state index in [1.54, 1.807) is 11.9 Å². The molecule has 1 aliphatic carbocycles. The zero-order valence-corrected chi connectivity index (χ0v) is 25.4. The number of nitrogens with zero attached hydrogens (tertiary/aromatic N) is 5. The number of alkyl carbamates (subject to hydrolysis) is 1.